The maximum atomic E-state index is 12.4. The number of hydrogen-bond acceptors (Lipinski definition) is 7. The molecule has 2 N–H and O–H groups in total. The molecule has 6 nitrogen and oxygen atoms in total. The van der Waals surface area contributed by atoms with Crippen molar-refractivity contribution in [2.24, 2.45) is 5.73 Å². The van der Waals surface area contributed by atoms with Crippen LogP contribution in [0.5, 0.6) is 11.5 Å². The fourth-order valence-corrected chi connectivity index (χ4v) is 4.32. The van der Waals surface area contributed by atoms with Crippen molar-refractivity contribution in [3.05, 3.63) is 76.9 Å². The molecular weight excluding hydrogens is 396 g/mol. The monoisotopic (exact) mass is 418 g/mol. The van der Waals surface area contributed by atoms with Crippen LogP contribution in [0.1, 0.15) is 12.0 Å². The Morgan fingerprint density at radius 3 is 2.64 bits per heavy atom. The van der Waals surface area contributed by atoms with Crippen LogP contribution in [-0.2, 0) is 10.1 Å². The van der Waals surface area contributed by atoms with Gasteiger partial charge < -0.3 is 19.6 Å². The van der Waals surface area contributed by atoms with Crippen molar-refractivity contribution < 1.29 is 17.3 Å². The van der Waals surface area contributed by atoms with Crippen LogP contribution < -0.4 is 14.7 Å². The summed E-state index contributed by atoms with van der Waals surface area (Å²) in [4.78, 5) is 2.17. The minimum absolute atomic E-state index is 0.110. The lowest BCUT2D eigenvalue weighted by atomic mass is 10.2. The molecule has 0 saturated carbocycles. The second-order valence-electron chi connectivity index (χ2n) is 6.14. The molecule has 0 spiro atoms. The van der Waals surface area contributed by atoms with Gasteiger partial charge in [0.05, 0.1) is 11.6 Å². The number of hydrogen-bond donors (Lipinski definition) is 1. The Balaban J connectivity index is 1.59. The van der Waals surface area contributed by atoms with Gasteiger partial charge in [0, 0.05) is 25.0 Å². The zero-order chi connectivity index (χ0) is 20.0. The average molecular weight is 419 g/mol. The van der Waals surface area contributed by atoms with Gasteiger partial charge in [-0.1, -0.05) is 30.0 Å². The van der Waals surface area contributed by atoms with Crippen LogP contribution in [0.2, 0.25) is 0 Å². The van der Waals surface area contributed by atoms with Crippen molar-refractivity contribution >= 4 is 21.9 Å². The Morgan fingerprint density at radius 1 is 1.14 bits per heavy atom. The molecule has 0 radical (unpaired) electrons. The molecule has 1 aliphatic heterocycles. The molecule has 0 bridgehead atoms. The number of thioether (sulfide) groups is 1. The topological polar surface area (TPSA) is 81.9 Å². The zero-order valence-corrected chi connectivity index (χ0v) is 17.1. The highest BCUT2D eigenvalue weighted by atomic mass is 32.2. The van der Waals surface area contributed by atoms with E-state index in [9.17, 15) is 8.42 Å². The first-order chi connectivity index (χ1) is 13.5. The van der Waals surface area contributed by atoms with E-state index in [1.54, 1.807) is 48.3 Å². The summed E-state index contributed by atoms with van der Waals surface area (Å²) >= 11 is 1.58. The van der Waals surface area contributed by atoms with Gasteiger partial charge in [-0.3, -0.25) is 0 Å². The summed E-state index contributed by atoms with van der Waals surface area (Å²) in [6, 6.07) is 13.2. The number of nitrogens with two attached hydrogens (primary N) is 1. The molecule has 0 fully saturated rings. The molecule has 1 heterocycles. The summed E-state index contributed by atoms with van der Waals surface area (Å²) in [6.07, 6.45) is 4.36. The third-order valence-corrected chi connectivity index (χ3v) is 6.06. The highest BCUT2D eigenvalue weighted by Gasteiger charge is 2.17. The molecule has 2 aromatic carbocycles. The highest BCUT2D eigenvalue weighted by Crippen LogP contribution is 2.28. The van der Waals surface area contributed by atoms with E-state index in [-0.39, 0.29) is 10.6 Å². The minimum Gasteiger partial charge on any atom is -0.493 e. The normalized spacial score (nSPS) is 15.2. The first kappa shape index (κ1) is 20.2. The molecule has 2 aromatic rings. The number of aryl methyl sites for hydroxylation is 1. The van der Waals surface area contributed by atoms with Crippen LogP contribution >= 0.6 is 11.8 Å². The second-order valence-corrected chi connectivity index (χ2v) is 8.61. The zero-order valence-electron chi connectivity index (χ0n) is 15.4. The maximum absolute atomic E-state index is 12.4. The van der Waals surface area contributed by atoms with Crippen molar-refractivity contribution in [1.82, 2.24) is 4.90 Å². The fourth-order valence-electron chi connectivity index (χ4n) is 2.67. The quantitative estimate of drug-likeness (QED) is 0.516. The van der Waals surface area contributed by atoms with Crippen LogP contribution in [0.15, 0.2) is 76.3 Å². The van der Waals surface area contributed by atoms with E-state index >= 15 is 0 Å². The number of ether oxygens (including phenoxy) is 1. The molecule has 0 unspecified atom stereocenters. The van der Waals surface area contributed by atoms with Crippen LogP contribution in [0, 0.1) is 6.92 Å². The Kier molecular flexibility index (Phi) is 6.53. The average Bonchev–Trinajstić information content (AvgIpc) is 3.13. The third-order valence-electron chi connectivity index (χ3n) is 3.93. The van der Waals surface area contributed by atoms with E-state index in [0.29, 0.717) is 12.4 Å². The van der Waals surface area contributed by atoms with Gasteiger partial charge in [-0.2, -0.15) is 8.42 Å². The second kappa shape index (κ2) is 9.07. The maximum Gasteiger partial charge on any atom is 0.339 e. The van der Waals surface area contributed by atoms with Gasteiger partial charge in [0.15, 0.2) is 0 Å². The summed E-state index contributed by atoms with van der Waals surface area (Å²) in [5.41, 5.74) is 6.44. The van der Waals surface area contributed by atoms with Gasteiger partial charge in [0.2, 0.25) is 0 Å². The molecule has 3 rings (SSSR count). The molecule has 28 heavy (non-hydrogen) atoms. The van der Waals surface area contributed by atoms with Crippen LogP contribution in [0.4, 0.5) is 0 Å². The smallest absolute Gasteiger partial charge is 0.339 e. The van der Waals surface area contributed by atoms with Crippen molar-refractivity contribution in [2.75, 3.05) is 13.2 Å². The molecular formula is C20H22N2O4S2. The lowest BCUT2D eigenvalue weighted by Gasteiger charge is -2.17. The molecule has 0 amide bonds. The van der Waals surface area contributed by atoms with Gasteiger partial charge >= 0.3 is 10.1 Å². The summed E-state index contributed by atoms with van der Waals surface area (Å²) in [6.45, 7) is 3.13. The predicted octanol–water partition coefficient (Wildman–Crippen LogP) is 3.81. The standard InChI is InChI=1S/C20H22N2O4S2/c1-16-12-17(25-10-5-8-22-9-11-27-20(22)15-21)14-18(13-16)26-28(23,24)19-6-3-2-4-7-19/h2-4,6-7,9,11-15H,5,8,10,21H2,1H3/b20-15-. The Bertz CT molecular complexity index is 973. The van der Waals surface area contributed by atoms with Gasteiger partial charge in [-0.25, -0.2) is 0 Å². The molecule has 148 valence electrons. The Morgan fingerprint density at radius 2 is 1.89 bits per heavy atom. The number of benzene rings is 2. The molecule has 0 saturated heterocycles. The number of rotatable bonds is 8. The third kappa shape index (κ3) is 5.24. The van der Waals surface area contributed by atoms with E-state index in [4.69, 9.17) is 14.7 Å². The Labute approximate surface area is 169 Å². The number of nitrogens with zero attached hydrogens (tertiary/aromatic N) is 1. The first-order valence-corrected chi connectivity index (χ1v) is 11.0. The van der Waals surface area contributed by atoms with E-state index < -0.39 is 10.1 Å². The van der Waals surface area contributed by atoms with Crippen molar-refractivity contribution in [1.29, 1.82) is 0 Å². The van der Waals surface area contributed by atoms with Gasteiger partial charge in [-0.15, -0.1) is 0 Å². The van der Waals surface area contributed by atoms with Gasteiger partial charge in [0.1, 0.15) is 16.4 Å². The summed E-state index contributed by atoms with van der Waals surface area (Å²) < 4.78 is 35.9. The molecule has 8 heteroatoms. The van der Waals surface area contributed by atoms with Gasteiger partial charge in [0.25, 0.3) is 0 Å². The lowest BCUT2D eigenvalue weighted by Crippen LogP contribution is -2.16. The van der Waals surface area contributed by atoms with E-state index in [1.165, 1.54) is 12.1 Å². The predicted molar refractivity (Wildman–Crippen MR) is 111 cm³/mol. The SMILES string of the molecule is Cc1cc(OCCCN2C=CS/C2=C\N)cc(OS(=O)(=O)c2ccccc2)c1. The van der Waals surface area contributed by atoms with Crippen LogP contribution in [-0.4, -0.2) is 26.5 Å². The molecule has 0 aromatic heterocycles. The van der Waals surface area contributed by atoms with Crippen LogP contribution in [0.3, 0.4) is 0 Å². The van der Waals surface area contributed by atoms with E-state index in [1.807, 2.05) is 24.6 Å². The van der Waals surface area contributed by atoms with Crippen molar-refractivity contribution in [3.63, 3.8) is 0 Å². The van der Waals surface area contributed by atoms with Crippen molar-refractivity contribution in [3.8, 4) is 11.5 Å². The van der Waals surface area contributed by atoms with Gasteiger partial charge in [-0.05, 0) is 48.6 Å². The molecule has 1 aliphatic rings. The van der Waals surface area contributed by atoms with E-state index in [2.05, 4.69) is 4.90 Å². The van der Waals surface area contributed by atoms with Crippen molar-refractivity contribution in [2.45, 2.75) is 18.2 Å². The fraction of sp³-hybridized carbons (Fsp3) is 0.200. The highest BCUT2D eigenvalue weighted by molar-refractivity contribution is 8.06. The largest absolute Gasteiger partial charge is 0.493 e. The van der Waals surface area contributed by atoms with E-state index in [0.717, 1.165) is 23.6 Å². The molecule has 0 aliphatic carbocycles. The summed E-state index contributed by atoms with van der Waals surface area (Å²) in [5, 5.41) is 2.98. The first-order valence-electron chi connectivity index (χ1n) is 8.74. The molecule has 0 atom stereocenters. The summed E-state index contributed by atoms with van der Waals surface area (Å²) in [7, 11) is -3.88. The van der Waals surface area contributed by atoms with Crippen LogP contribution in [0.25, 0.3) is 0 Å². The minimum atomic E-state index is -3.88. The lowest BCUT2D eigenvalue weighted by molar-refractivity contribution is 0.293. The summed E-state index contributed by atoms with van der Waals surface area (Å²) in [5.74, 6) is 0.797. The Hall–Kier alpha value is -2.58.